The van der Waals surface area contributed by atoms with Gasteiger partial charge in [-0.15, -0.1) is 0 Å². The fourth-order valence-electron chi connectivity index (χ4n) is 0.396. The van der Waals surface area contributed by atoms with E-state index in [0.29, 0.717) is 0 Å². The van der Waals surface area contributed by atoms with Crippen molar-refractivity contribution in [2.45, 2.75) is 19.4 Å². The molecule has 0 aromatic heterocycles. The minimum atomic E-state index is -0.723. The SMILES string of the molecule is CC(C)(CF)NC=C(C#N)C#N. The van der Waals surface area contributed by atoms with Crippen LogP contribution >= 0.6 is 0 Å². The topological polar surface area (TPSA) is 59.6 Å². The standard InChI is InChI=1S/C8H10FN3/c1-8(2,6-9)12-5-7(3-10)4-11/h5,12H,6H2,1-2H3. The highest BCUT2D eigenvalue weighted by atomic mass is 19.1. The summed E-state index contributed by atoms with van der Waals surface area (Å²) in [5, 5.41) is 19.3. The van der Waals surface area contributed by atoms with Crippen LogP contribution in [0.1, 0.15) is 13.8 Å². The van der Waals surface area contributed by atoms with Crippen LogP contribution in [0.4, 0.5) is 4.39 Å². The van der Waals surface area contributed by atoms with Gasteiger partial charge in [-0.25, -0.2) is 4.39 Å². The fraction of sp³-hybridized carbons (Fsp3) is 0.500. The van der Waals surface area contributed by atoms with Crippen LogP contribution in [0.5, 0.6) is 0 Å². The zero-order valence-electron chi connectivity index (χ0n) is 7.06. The van der Waals surface area contributed by atoms with Gasteiger partial charge < -0.3 is 5.32 Å². The molecule has 0 spiro atoms. The van der Waals surface area contributed by atoms with Crippen molar-refractivity contribution < 1.29 is 4.39 Å². The third-order valence-electron chi connectivity index (χ3n) is 1.18. The number of hydrogen-bond donors (Lipinski definition) is 1. The lowest BCUT2D eigenvalue weighted by Crippen LogP contribution is -2.37. The van der Waals surface area contributed by atoms with E-state index < -0.39 is 12.2 Å². The largest absolute Gasteiger partial charge is 0.382 e. The first-order valence-electron chi connectivity index (χ1n) is 3.40. The summed E-state index contributed by atoms with van der Waals surface area (Å²) < 4.78 is 12.2. The number of alkyl halides is 1. The molecule has 0 saturated carbocycles. The average Bonchev–Trinajstić information content (AvgIpc) is 2.06. The summed E-state index contributed by atoms with van der Waals surface area (Å²) >= 11 is 0. The quantitative estimate of drug-likeness (QED) is 0.643. The molecular formula is C8H10FN3. The van der Waals surface area contributed by atoms with Gasteiger partial charge in [-0.1, -0.05) is 0 Å². The third kappa shape index (κ3) is 3.58. The van der Waals surface area contributed by atoms with Crippen molar-refractivity contribution in [3.05, 3.63) is 11.8 Å². The Bertz CT molecular complexity index is 238. The molecule has 0 aliphatic rings. The maximum Gasteiger partial charge on any atom is 0.145 e. The van der Waals surface area contributed by atoms with E-state index in [2.05, 4.69) is 5.32 Å². The van der Waals surface area contributed by atoms with Crippen LogP contribution < -0.4 is 5.32 Å². The summed E-state index contributed by atoms with van der Waals surface area (Å²) in [6, 6.07) is 3.33. The normalized spacial score (nSPS) is 9.42. The van der Waals surface area contributed by atoms with Crippen molar-refractivity contribution in [3.63, 3.8) is 0 Å². The number of rotatable bonds is 3. The predicted octanol–water partition coefficient (Wildman–Crippen LogP) is 1.26. The lowest BCUT2D eigenvalue weighted by molar-refractivity contribution is 0.315. The summed E-state index contributed by atoms with van der Waals surface area (Å²) in [7, 11) is 0. The molecule has 1 N–H and O–H groups in total. The second-order valence-corrected chi connectivity index (χ2v) is 2.94. The average molecular weight is 167 g/mol. The first-order valence-corrected chi connectivity index (χ1v) is 3.40. The molecule has 0 unspecified atom stereocenters. The van der Waals surface area contributed by atoms with Crippen molar-refractivity contribution in [3.8, 4) is 12.1 Å². The van der Waals surface area contributed by atoms with E-state index in [1.54, 1.807) is 26.0 Å². The second kappa shape index (κ2) is 4.35. The second-order valence-electron chi connectivity index (χ2n) is 2.94. The molecule has 0 radical (unpaired) electrons. The summed E-state index contributed by atoms with van der Waals surface area (Å²) in [6.45, 7) is 2.71. The molecule has 0 saturated heterocycles. The Balaban J connectivity index is 4.25. The third-order valence-corrected chi connectivity index (χ3v) is 1.18. The van der Waals surface area contributed by atoms with Gasteiger partial charge in [-0.2, -0.15) is 10.5 Å². The number of hydrogen-bond acceptors (Lipinski definition) is 3. The highest BCUT2D eigenvalue weighted by Crippen LogP contribution is 2.02. The smallest absolute Gasteiger partial charge is 0.145 e. The maximum absolute atomic E-state index is 12.2. The Morgan fingerprint density at radius 2 is 2.00 bits per heavy atom. The number of halogens is 1. The van der Waals surface area contributed by atoms with Gasteiger partial charge in [0.15, 0.2) is 0 Å². The molecule has 0 fully saturated rings. The van der Waals surface area contributed by atoms with Crippen LogP contribution in [-0.2, 0) is 0 Å². The van der Waals surface area contributed by atoms with Gasteiger partial charge in [0.1, 0.15) is 24.4 Å². The molecular weight excluding hydrogens is 157 g/mol. The summed E-state index contributed by atoms with van der Waals surface area (Å²) in [5.74, 6) is 0. The van der Waals surface area contributed by atoms with Crippen LogP contribution in [0.25, 0.3) is 0 Å². The zero-order chi connectivity index (χ0) is 9.61. The van der Waals surface area contributed by atoms with Crippen molar-refractivity contribution in [1.29, 1.82) is 10.5 Å². The van der Waals surface area contributed by atoms with Crippen LogP contribution in [-0.4, -0.2) is 12.2 Å². The van der Waals surface area contributed by atoms with E-state index in [1.807, 2.05) is 0 Å². The number of nitrogens with one attached hydrogen (secondary N) is 1. The number of nitrogens with zero attached hydrogens (tertiary/aromatic N) is 2. The molecule has 0 rings (SSSR count). The van der Waals surface area contributed by atoms with Crippen LogP contribution in [0.3, 0.4) is 0 Å². The van der Waals surface area contributed by atoms with Crippen molar-refractivity contribution in [1.82, 2.24) is 5.32 Å². The van der Waals surface area contributed by atoms with Crippen molar-refractivity contribution in [2.75, 3.05) is 6.67 Å². The molecule has 4 heteroatoms. The van der Waals surface area contributed by atoms with Crippen LogP contribution in [0.2, 0.25) is 0 Å². The highest BCUT2D eigenvalue weighted by Gasteiger charge is 2.14. The monoisotopic (exact) mass is 167 g/mol. The van der Waals surface area contributed by atoms with E-state index in [0.717, 1.165) is 0 Å². The minimum Gasteiger partial charge on any atom is -0.382 e. The zero-order valence-corrected chi connectivity index (χ0v) is 7.06. The molecule has 0 aromatic rings. The molecule has 0 aliphatic heterocycles. The summed E-state index contributed by atoms with van der Waals surface area (Å²) in [5.41, 5.74) is -0.782. The van der Waals surface area contributed by atoms with Gasteiger partial charge in [-0.05, 0) is 13.8 Å². The van der Waals surface area contributed by atoms with Crippen molar-refractivity contribution >= 4 is 0 Å². The van der Waals surface area contributed by atoms with Gasteiger partial charge >= 0.3 is 0 Å². The lowest BCUT2D eigenvalue weighted by atomic mass is 10.1. The van der Waals surface area contributed by atoms with Gasteiger partial charge in [-0.3, -0.25) is 0 Å². The fourth-order valence-corrected chi connectivity index (χ4v) is 0.396. The minimum absolute atomic E-state index is 0.0588. The molecule has 0 amide bonds. The van der Waals surface area contributed by atoms with Crippen LogP contribution in [0.15, 0.2) is 11.8 Å². The maximum atomic E-state index is 12.2. The Hall–Kier alpha value is -1.55. The molecule has 12 heavy (non-hydrogen) atoms. The summed E-state index contributed by atoms with van der Waals surface area (Å²) in [4.78, 5) is 0. The highest BCUT2D eigenvalue weighted by molar-refractivity contribution is 5.34. The Morgan fingerprint density at radius 3 is 2.33 bits per heavy atom. The lowest BCUT2D eigenvalue weighted by Gasteiger charge is -2.20. The van der Waals surface area contributed by atoms with E-state index in [1.165, 1.54) is 6.20 Å². The molecule has 0 aliphatic carbocycles. The summed E-state index contributed by atoms with van der Waals surface area (Å²) in [6.07, 6.45) is 1.22. The van der Waals surface area contributed by atoms with Crippen LogP contribution in [0, 0.1) is 22.7 Å². The number of allylic oxidation sites excluding steroid dienone is 1. The van der Waals surface area contributed by atoms with Gasteiger partial charge in [0.05, 0.1) is 5.54 Å². The molecule has 0 atom stereocenters. The first kappa shape index (κ1) is 10.4. The van der Waals surface area contributed by atoms with E-state index in [9.17, 15) is 4.39 Å². The molecule has 0 heterocycles. The molecule has 64 valence electrons. The number of nitriles is 2. The Morgan fingerprint density at radius 1 is 1.50 bits per heavy atom. The van der Waals surface area contributed by atoms with E-state index >= 15 is 0 Å². The van der Waals surface area contributed by atoms with Gasteiger partial charge in [0.2, 0.25) is 0 Å². The molecule has 0 aromatic carbocycles. The van der Waals surface area contributed by atoms with Gasteiger partial charge in [0, 0.05) is 6.20 Å². The Kier molecular flexibility index (Phi) is 3.79. The van der Waals surface area contributed by atoms with Crippen molar-refractivity contribution in [2.24, 2.45) is 0 Å². The van der Waals surface area contributed by atoms with Gasteiger partial charge in [0.25, 0.3) is 0 Å². The van der Waals surface area contributed by atoms with E-state index in [4.69, 9.17) is 10.5 Å². The predicted molar refractivity (Wildman–Crippen MR) is 42.5 cm³/mol. The molecule has 3 nitrogen and oxygen atoms in total. The first-order chi connectivity index (χ1) is 5.55. The Labute approximate surface area is 71.1 Å². The van der Waals surface area contributed by atoms with E-state index in [-0.39, 0.29) is 5.57 Å². The molecule has 0 bridgehead atoms.